The lowest BCUT2D eigenvalue weighted by atomic mass is 10.2. The molecule has 1 heterocycles. The van der Waals surface area contributed by atoms with Gasteiger partial charge in [0.15, 0.2) is 0 Å². The molecular formula is C6H2N4O6. The second kappa shape index (κ2) is 3.12. The third-order valence-electron chi connectivity index (χ3n) is 1.80. The summed E-state index contributed by atoms with van der Waals surface area (Å²) in [4.78, 5) is 28.2. The Hall–Kier alpha value is -2.78. The van der Waals surface area contributed by atoms with Crippen LogP contribution in [0.3, 0.4) is 0 Å². The highest BCUT2D eigenvalue weighted by molar-refractivity contribution is 5.67. The Morgan fingerprint density at radius 1 is 1.19 bits per heavy atom. The molecule has 0 unspecified atom stereocenters. The third-order valence-corrected chi connectivity index (χ3v) is 1.80. The van der Waals surface area contributed by atoms with E-state index < -0.39 is 27.0 Å². The van der Waals surface area contributed by atoms with Gasteiger partial charge in [-0.05, 0) is 6.07 Å². The monoisotopic (exact) mass is 226 g/mol. The maximum absolute atomic E-state index is 10.7. The van der Waals surface area contributed by atoms with Crippen LogP contribution in [0, 0.1) is 20.2 Å². The quantitative estimate of drug-likeness (QED) is 0.548. The molecule has 1 aliphatic rings. The van der Waals surface area contributed by atoms with Crippen LogP contribution in [0.1, 0.15) is 0 Å². The summed E-state index contributed by atoms with van der Waals surface area (Å²) in [6.07, 6.45) is 0. The largest absolute Gasteiger partial charge is 0.399 e. The van der Waals surface area contributed by atoms with E-state index in [4.69, 9.17) is 5.53 Å². The van der Waals surface area contributed by atoms with Crippen LogP contribution in [0.2, 0.25) is 0 Å². The summed E-state index contributed by atoms with van der Waals surface area (Å²) < 4.78 is 0. The first-order valence-electron chi connectivity index (χ1n) is 3.81. The Balaban J connectivity index is 2.70. The molecule has 10 heteroatoms. The standard InChI is InChI=1S/C6H2N4O6/c7-10-15-4-2-1-3(8(11)12)5(9(13)14)6(4)16-10/h1-2H. The molecule has 0 fully saturated rings. The lowest BCUT2D eigenvalue weighted by Gasteiger charge is -1.94. The lowest BCUT2D eigenvalue weighted by Crippen LogP contribution is -2.07. The minimum Gasteiger partial charge on any atom is -0.391 e. The second-order valence-corrected chi connectivity index (χ2v) is 2.70. The first-order chi connectivity index (χ1) is 7.50. The van der Waals surface area contributed by atoms with Gasteiger partial charge in [-0.3, -0.25) is 20.2 Å². The minimum absolute atomic E-state index is 0.124. The van der Waals surface area contributed by atoms with Crippen molar-refractivity contribution in [2.24, 2.45) is 0 Å². The van der Waals surface area contributed by atoms with Crippen molar-refractivity contribution in [1.29, 1.82) is 0 Å². The first-order valence-corrected chi connectivity index (χ1v) is 3.81. The minimum atomic E-state index is -0.987. The number of nitro benzene ring substituents is 2. The highest BCUT2D eigenvalue weighted by atomic mass is 17.0. The summed E-state index contributed by atoms with van der Waals surface area (Å²) in [6, 6.07) is 1.97. The van der Waals surface area contributed by atoms with Gasteiger partial charge in [-0.2, -0.15) is 9.68 Å². The van der Waals surface area contributed by atoms with Gasteiger partial charge >= 0.3 is 17.1 Å². The number of nitro groups is 2. The molecular weight excluding hydrogens is 224 g/mol. The summed E-state index contributed by atoms with van der Waals surface area (Å²) in [6.45, 7) is 0. The molecule has 0 radical (unpaired) electrons. The Morgan fingerprint density at radius 3 is 2.44 bits per heavy atom. The van der Waals surface area contributed by atoms with E-state index in [-0.39, 0.29) is 10.8 Å². The topological polar surface area (TPSA) is 130 Å². The van der Waals surface area contributed by atoms with Crippen molar-refractivity contribution in [2.75, 3.05) is 0 Å². The average Bonchev–Trinajstić information content (AvgIpc) is 2.55. The predicted octanol–water partition coefficient (Wildman–Crippen LogP) is 1.14. The van der Waals surface area contributed by atoms with Gasteiger partial charge in [0.1, 0.15) is 5.02 Å². The van der Waals surface area contributed by atoms with E-state index in [0.29, 0.717) is 0 Å². The first kappa shape index (κ1) is 9.76. The van der Waals surface area contributed by atoms with Gasteiger partial charge in [0, 0.05) is 6.07 Å². The van der Waals surface area contributed by atoms with E-state index in [1.165, 1.54) is 0 Å². The van der Waals surface area contributed by atoms with Gasteiger partial charge in [0.05, 0.1) is 9.85 Å². The summed E-state index contributed by atoms with van der Waals surface area (Å²) >= 11 is 0. The van der Waals surface area contributed by atoms with Gasteiger partial charge in [-0.1, -0.05) is 0 Å². The summed E-state index contributed by atoms with van der Waals surface area (Å²) in [5.41, 5.74) is 7.16. The molecule has 16 heavy (non-hydrogen) atoms. The van der Waals surface area contributed by atoms with E-state index in [2.05, 4.69) is 9.68 Å². The molecule has 2 rings (SSSR count). The predicted molar refractivity (Wildman–Crippen MR) is 44.6 cm³/mol. The smallest absolute Gasteiger partial charge is 0.391 e. The molecule has 1 aliphatic heterocycles. The Bertz CT molecular complexity index is 526. The molecule has 0 aromatic heterocycles. The van der Waals surface area contributed by atoms with E-state index in [1.54, 1.807) is 0 Å². The molecule has 0 saturated carbocycles. The van der Waals surface area contributed by atoms with Crippen molar-refractivity contribution in [3.05, 3.63) is 37.9 Å². The van der Waals surface area contributed by atoms with Crippen molar-refractivity contribution in [3.63, 3.8) is 0 Å². The van der Waals surface area contributed by atoms with Crippen LogP contribution in [0.25, 0.3) is 5.53 Å². The van der Waals surface area contributed by atoms with E-state index >= 15 is 0 Å². The van der Waals surface area contributed by atoms with Crippen LogP contribution in [-0.2, 0) is 0 Å². The van der Waals surface area contributed by atoms with Crippen LogP contribution in [0.4, 0.5) is 11.4 Å². The van der Waals surface area contributed by atoms with Crippen LogP contribution in [-0.4, -0.2) is 14.9 Å². The van der Waals surface area contributed by atoms with Crippen molar-refractivity contribution >= 4 is 11.4 Å². The van der Waals surface area contributed by atoms with Gasteiger partial charge in [0.25, 0.3) is 5.75 Å². The Kier molecular flexibility index (Phi) is 1.90. The fourth-order valence-corrected chi connectivity index (χ4v) is 1.21. The van der Waals surface area contributed by atoms with Gasteiger partial charge in [-0.25, -0.2) is 0 Å². The molecule has 1 aromatic carbocycles. The third kappa shape index (κ3) is 1.28. The fraction of sp³-hybridized carbons (Fsp3) is 0. The summed E-state index contributed by atoms with van der Waals surface area (Å²) in [7, 11) is 0. The molecule has 0 N–H and O–H groups in total. The SMILES string of the molecule is [N-]=[N+]1Oc2ccc([N+](=O)[O-])c([N+](=O)[O-])c2O1. The summed E-state index contributed by atoms with van der Waals surface area (Å²) in [5.74, 6) is -0.693. The molecule has 0 saturated heterocycles. The number of fused-ring (bicyclic) bond motifs is 1. The molecule has 0 aliphatic carbocycles. The average molecular weight is 226 g/mol. The van der Waals surface area contributed by atoms with E-state index in [1.807, 2.05) is 0 Å². The molecule has 1 aromatic rings. The fourth-order valence-electron chi connectivity index (χ4n) is 1.21. The van der Waals surface area contributed by atoms with Crippen molar-refractivity contribution in [3.8, 4) is 11.5 Å². The maximum atomic E-state index is 10.7. The zero-order valence-corrected chi connectivity index (χ0v) is 7.39. The van der Waals surface area contributed by atoms with Crippen molar-refractivity contribution < 1.29 is 24.5 Å². The number of benzene rings is 1. The molecule has 0 atom stereocenters. The zero-order valence-electron chi connectivity index (χ0n) is 7.39. The molecule has 82 valence electrons. The van der Waals surface area contributed by atoms with E-state index in [9.17, 15) is 20.2 Å². The van der Waals surface area contributed by atoms with Crippen LogP contribution >= 0.6 is 0 Å². The van der Waals surface area contributed by atoms with Crippen LogP contribution < -0.4 is 9.68 Å². The molecule has 10 nitrogen and oxygen atoms in total. The van der Waals surface area contributed by atoms with Crippen LogP contribution in [0.5, 0.6) is 11.5 Å². The Morgan fingerprint density at radius 2 is 1.88 bits per heavy atom. The van der Waals surface area contributed by atoms with Gasteiger partial charge < -0.3 is 5.53 Å². The van der Waals surface area contributed by atoms with Gasteiger partial charge in [0.2, 0.25) is 0 Å². The highest BCUT2D eigenvalue weighted by Crippen LogP contribution is 2.45. The lowest BCUT2D eigenvalue weighted by molar-refractivity contribution is -0.907. The molecule has 0 spiro atoms. The second-order valence-electron chi connectivity index (χ2n) is 2.70. The highest BCUT2D eigenvalue weighted by Gasteiger charge is 2.41. The number of hydrogen-bond donors (Lipinski definition) is 0. The zero-order chi connectivity index (χ0) is 11.9. The Labute approximate surface area is 86.3 Å². The summed E-state index contributed by atoms with van der Waals surface area (Å²) in [5, 5.41) is 21.1. The van der Waals surface area contributed by atoms with Crippen molar-refractivity contribution in [1.82, 2.24) is 0 Å². The normalized spacial score (nSPS) is 12.6. The number of rotatable bonds is 2. The number of nitrogens with zero attached hydrogens (tertiary/aromatic N) is 4. The maximum Gasteiger partial charge on any atom is 0.399 e. The molecule has 0 bridgehead atoms. The van der Waals surface area contributed by atoms with E-state index in [0.717, 1.165) is 12.1 Å². The number of hydrogen-bond acceptors (Lipinski definition) is 6. The van der Waals surface area contributed by atoms with Crippen molar-refractivity contribution in [2.45, 2.75) is 0 Å². The molecule has 0 amide bonds. The van der Waals surface area contributed by atoms with Gasteiger partial charge in [-0.15, -0.1) is 0 Å². The van der Waals surface area contributed by atoms with Crippen LogP contribution in [0.15, 0.2) is 12.1 Å².